The van der Waals surface area contributed by atoms with Crippen LogP contribution in [0.15, 0.2) is 6.07 Å². The zero-order valence-corrected chi connectivity index (χ0v) is 11.5. The second-order valence-corrected chi connectivity index (χ2v) is 5.50. The summed E-state index contributed by atoms with van der Waals surface area (Å²) in [6.07, 6.45) is 2.93. The number of esters is 1. The summed E-state index contributed by atoms with van der Waals surface area (Å²) in [5.74, 6) is 0.127. The summed E-state index contributed by atoms with van der Waals surface area (Å²) in [4.78, 5) is 12.3. The van der Waals surface area contributed by atoms with Gasteiger partial charge in [-0.1, -0.05) is 0 Å². The Kier molecular flexibility index (Phi) is 3.09. The molecule has 1 aromatic rings. The van der Waals surface area contributed by atoms with Gasteiger partial charge in [-0.3, -0.25) is 4.68 Å². The zero-order chi connectivity index (χ0) is 13.5. The van der Waals surface area contributed by atoms with E-state index in [0.29, 0.717) is 18.2 Å². The highest BCUT2D eigenvalue weighted by Gasteiger charge is 2.54. The van der Waals surface area contributed by atoms with Crippen LogP contribution in [0.2, 0.25) is 0 Å². The molecular formula is C14H20N2O3. The summed E-state index contributed by atoms with van der Waals surface area (Å²) in [6, 6.07) is 1.80. The van der Waals surface area contributed by atoms with Crippen molar-refractivity contribution in [1.29, 1.82) is 0 Å². The van der Waals surface area contributed by atoms with Gasteiger partial charge in [0.15, 0.2) is 0 Å². The summed E-state index contributed by atoms with van der Waals surface area (Å²) >= 11 is 0. The molecule has 1 aromatic heterocycles. The van der Waals surface area contributed by atoms with Crippen molar-refractivity contribution in [3.8, 4) is 0 Å². The van der Waals surface area contributed by atoms with Crippen molar-refractivity contribution in [2.45, 2.75) is 45.3 Å². The van der Waals surface area contributed by atoms with E-state index in [4.69, 9.17) is 9.47 Å². The van der Waals surface area contributed by atoms with Crippen molar-refractivity contribution >= 4 is 5.97 Å². The predicted molar refractivity (Wildman–Crippen MR) is 68.9 cm³/mol. The molecule has 0 amide bonds. The Morgan fingerprint density at radius 2 is 2.42 bits per heavy atom. The van der Waals surface area contributed by atoms with E-state index in [1.165, 1.54) is 0 Å². The molecule has 1 saturated heterocycles. The predicted octanol–water partition coefficient (Wildman–Crippen LogP) is 1.94. The molecule has 2 fully saturated rings. The maximum atomic E-state index is 12.3. The molecule has 19 heavy (non-hydrogen) atoms. The van der Waals surface area contributed by atoms with Gasteiger partial charge in [0.2, 0.25) is 0 Å². The number of aromatic nitrogens is 2. The summed E-state index contributed by atoms with van der Waals surface area (Å²) < 4.78 is 12.9. The van der Waals surface area contributed by atoms with Gasteiger partial charge in [0.25, 0.3) is 0 Å². The molecule has 2 heterocycles. The van der Waals surface area contributed by atoms with Crippen LogP contribution in [0.25, 0.3) is 0 Å². The number of ether oxygens (including phenoxy) is 2. The molecule has 0 spiro atoms. The van der Waals surface area contributed by atoms with Crippen LogP contribution in [0.5, 0.6) is 0 Å². The van der Waals surface area contributed by atoms with Crippen molar-refractivity contribution in [2.75, 3.05) is 13.2 Å². The average Bonchev–Trinajstić information content (AvgIpc) is 2.84. The maximum Gasteiger partial charge on any atom is 0.357 e. The van der Waals surface area contributed by atoms with E-state index in [1.807, 2.05) is 13.8 Å². The van der Waals surface area contributed by atoms with Crippen molar-refractivity contribution in [1.82, 2.24) is 9.78 Å². The summed E-state index contributed by atoms with van der Waals surface area (Å²) in [5.41, 5.74) is 1.15. The molecule has 0 aromatic carbocycles. The molecule has 2 aliphatic rings. The summed E-state index contributed by atoms with van der Waals surface area (Å²) in [5, 5.41) is 4.29. The molecule has 1 aliphatic carbocycles. The Labute approximate surface area is 112 Å². The Morgan fingerprint density at radius 3 is 3.00 bits per heavy atom. The third-order valence-electron chi connectivity index (χ3n) is 4.12. The van der Waals surface area contributed by atoms with Crippen LogP contribution >= 0.6 is 0 Å². The fourth-order valence-electron chi connectivity index (χ4n) is 2.85. The minimum atomic E-state index is -0.260. The molecule has 0 N–H and O–H groups in total. The largest absolute Gasteiger partial charge is 0.454 e. The fourth-order valence-corrected chi connectivity index (χ4v) is 2.85. The first-order chi connectivity index (χ1) is 9.14. The first kappa shape index (κ1) is 12.7. The first-order valence-electron chi connectivity index (χ1n) is 7.00. The summed E-state index contributed by atoms with van der Waals surface area (Å²) in [6.45, 7) is 6.05. The highest BCUT2D eigenvalue weighted by atomic mass is 16.6. The van der Waals surface area contributed by atoms with Gasteiger partial charge in [0.05, 0.1) is 12.3 Å². The van der Waals surface area contributed by atoms with E-state index >= 15 is 0 Å². The van der Waals surface area contributed by atoms with Crippen molar-refractivity contribution < 1.29 is 14.3 Å². The van der Waals surface area contributed by atoms with Crippen LogP contribution in [-0.2, 0) is 16.0 Å². The first-order valence-corrected chi connectivity index (χ1v) is 7.00. The molecule has 0 radical (unpaired) electrons. The highest BCUT2D eigenvalue weighted by Crippen LogP contribution is 2.49. The highest BCUT2D eigenvalue weighted by molar-refractivity contribution is 5.88. The lowest BCUT2D eigenvalue weighted by Crippen LogP contribution is -2.30. The Bertz CT molecular complexity index is 485. The number of carbonyl (C=O) groups is 1. The lowest BCUT2D eigenvalue weighted by atomic mass is 9.99. The van der Waals surface area contributed by atoms with Gasteiger partial charge in [-0.2, -0.15) is 5.10 Å². The molecule has 5 heteroatoms. The van der Waals surface area contributed by atoms with Crippen LogP contribution < -0.4 is 0 Å². The molecule has 0 bridgehead atoms. The van der Waals surface area contributed by atoms with Gasteiger partial charge in [0.1, 0.15) is 11.3 Å². The smallest absolute Gasteiger partial charge is 0.357 e. The van der Waals surface area contributed by atoms with Gasteiger partial charge >= 0.3 is 5.97 Å². The number of nitrogens with zero attached hydrogens (tertiary/aromatic N) is 2. The Hall–Kier alpha value is -1.36. The molecule has 1 unspecified atom stereocenters. The van der Waals surface area contributed by atoms with E-state index in [-0.39, 0.29) is 11.6 Å². The van der Waals surface area contributed by atoms with E-state index in [0.717, 1.165) is 38.2 Å². The number of carbonyl (C=O) groups excluding carboxylic acids is 1. The zero-order valence-electron chi connectivity index (χ0n) is 11.5. The second-order valence-electron chi connectivity index (χ2n) is 5.50. The van der Waals surface area contributed by atoms with Crippen LogP contribution in [0.4, 0.5) is 0 Å². The number of hydrogen-bond acceptors (Lipinski definition) is 4. The molecule has 5 nitrogen and oxygen atoms in total. The number of aryl methyl sites for hydroxylation is 2. The quantitative estimate of drug-likeness (QED) is 0.780. The van der Waals surface area contributed by atoms with Gasteiger partial charge in [-0.05, 0) is 39.2 Å². The summed E-state index contributed by atoms with van der Waals surface area (Å²) in [7, 11) is 0. The van der Waals surface area contributed by atoms with Gasteiger partial charge in [-0.25, -0.2) is 4.79 Å². The molecule has 1 aliphatic heterocycles. The molecule has 1 atom stereocenters. The van der Waals surface area contributed by atoms with Crippen molar-refractivity contribution in [3.05, 3.63) is 17.5 Å². The van der Waals surface area contributed by atoms with Crippen LogP contribution in [-0.4, -0.2) is 34.6 Å². The minimum absolute atomic E-state index is 0.244. The lowest BCUT2D eigenvalue weighted by Gasteiger charge is -2.22. The van der Waals surface area contributed by atoms with Crippen LogP contribution in [0, 0.1) is 12.8 Å². The number of hydrogen-bond donors (Lipinski definition) is 0. The standard InChI is InChI=1S/C14H20N2O3/c1-3-16-12(8-10(2)15-16)13(17)19-14(5-6-14)11-4-7-18-9-11/h8,11H,3-7,9H2,1-2H3. The van der Waals surface area contributed by atoms with E-state index in [1.54, 1.807) is 10.7 Å². The van der Waals surface area contributed by atoms with Gasteiger partial charge in [-0.15, -0.1) is 0 Å². The van der Waals surface area contributed by atoms with E-state index in [9.17, 15) is 4.79 Å². The SMILES string of the molecule is CCn1nc(C)cc1C(=O)OC1(C2CCOC2)CC1. The fraction of sp³-hybridized carbons (Fsp3) is 0.714. The van der Waals surface area contributed by atoms with E-state index in [2.05, 4.69) is 5.10 Å². The Balaban J connectivity index is 1.74. The van der Waals surface area contributed by atoms with Crippen molar-refractivity contribution in [3.63, 3.8) is 0 Å². The van der Waals surface area contributed by atoms with Gasteiger partial charge < -0.3 is 9.47 Å². The normalized spacial score (nSPS) is 24.4. The second kappa shape index (κ2) is 4.63. The monoisotopic (exact) mass is 264 g/mol. The minimum Gasteiger partial charge on any atom is -0.454 e. The maximum absolute atomic E-state index is 12.3. The third-order valence-corrected chi connectivity index (χ3v) is 4.12. The van der Waals surface area contributed by atoms with Crippen molar-refractivity contribution in [2.24, 2.45) is 5.92 Å². The lowest BCUT2D eigenvalue weighted by molar-refractivity contribution is -0.000380. The van der Waals surface area contributed by atoms with Crippen LogP contribution in [0.1, 0.15) is 42.4 Å². The molecule has 3 rings (SSSR count). The molecular weight excluding hydrogens is 244 g/mol. The molecule has 1 saturated carbocycles. The Morgan fingerprint density at radius 1 is 1.63 bits per heavy atom. The van der Waals surface area contributed by atoms with E-state index < -0.39 is 0 Å². The third kappa shape index (κ3) is 2.27. The number of rotatable bonds is 4. The average molecular weight is 264 g/mol. The topological polar surface area (TPSA) is 53.4 Å². The molecule has 104 valence electrons. The van der Waals surface area contributed by atoms with Crippen LogP contribution in [0.3, 0.4) is 0 Å². The van der Waals surface area contributed by atoms with Gasteiger partial charge in [0, 0.05) is 19.1 Å².